The van der Waals surface area contributed by atoms with Gasteiger partial charge in [-0.3, -0.25) is 0 Å². The molecule has 1 aromatic carbocycles. The summed E-state index contributed by atoms with van der Waals surface area (Å²) < 4.78 is 6.37. The topological polar surface area (TPSA) is 9.23 Å². The van der Waals surface area contributed by atoms with Crippen LogP contribution in [-0.4, -0.2) is 13.7 Å². The number of aryl methyl sites for hydroxylation is 1. The molecule has 0 aromatic heterocycles. The second kappa shape index (κ2) is 4.82. The van der Waals surface area contributed by atoms with Crippen molar-refractivity contribution in [2.75, 3.05) is 13.7 Å². The Labute approximate surface area is 87.3 Å². The number of hydrogen-bond donors (Lipinski definition) is 0. The van der Waals surface area contributed by atoms with Crippen molar-refractivity contribution in [3.63, 3.8) is 0 Å². The first-order valence-electron chi connectivity index (χ1n) is 3.98. The minimum absolute atomic E-state index is 0.805. The third kappa shape index (κ3) is 2.75. The third-order valence-corrected chi connectivity index (χ3v) is 2.79. The van der Waals surface area contributed by atoms with E-state index >= 15 is 0 Å². The Kier molecular flexibility index (Phi) is 4.01. The largest absolute Gasteiger partial charge is 0.384 e. The second-order valence-electron chi connectivity index (χ2n) is 2.84. The molecule has 0 N–H and O–H groups in total. The SMILES string of the molecule is COCCc1ccc(C)cc1I. The van der Waals surface area contributed by atoms with Gasteiger partial charge < -0.3 is 4.74 Å². The highest BCUT2D eigenvalue weighted by Crippen LogP contribution is 2.14. The first-order chi connectivity index (χ1) is 5.74. The maximum absolute atomic E-state index is 5.03. The smallest absolute Gasteiger partial charge is 0.0503 e. The molecule has 0 bridgehead atoms. The standard InChI is InChI=1S/C10H13IO/c1-8-3-4-9(5-6-12-2)10(11)7-8/h3-4,7H,5-6H2,1-2H3. The maximum atomic E-state index is 5.03. The maximum Gasteiger partial charge on any atom is 0.0503 e. The van der Waals surface area contributed by atoms with Crippen LogP contribution >= 0.6 is 22.6 Å². The van der Waals surface area contributed by atoms with Crippen molar-refractivity contribution in [3.05, 3.63) is 32.9 Å². The molecule has 0 amide bonds. The molecule has 1 nitrogen and oxygen atoms in total. The number of ether oxygens (including phenoxy) is 1. The van der Waals surface area contributed by atoms with E-state index in [2.05, 4.69) is 47.7 Å². The van der Waals surface area contributed by atoms with Gasteiger partial charge in [0.15, 0.2) is 0 Å². The van der Waals surface area contributed by atoms with Gasteiger partial charge in [0.05, 0.1) is 6.61 Å². The highest BCUT2D eigenvalue weighted by Gasteiger charge is 1.98. The molecule has 0 spiro atoms. The number of halogens is 1. The lowest BCUT2D eigenvalue weighted by Gasteiger charge is -2.04. The van der Waals surface area contributed by atoms with Gasteiger partial charge in [-0.25, -0.2) is 0 Å². The van der Waals surface area contributed by atoms with Crippen molar-refractivity contribution in [2.24, 2.45) is 0 Å². The summed E-state index contributed by atoms with van der Waals surface area (Å²) in [5, 5.41) is 0. The summed E-state index contributed by atoms with van der Waals surface area (Å²) >= 11 is 2.37. The minimum atomic E-state index is 0.805. The van der Waals surface area contributed by atoms with E-state index in [1.807, 2.05) is 0 Å². The third-order valence-electron chi connectivity index (χ3n) is 1.78. The Morgan fingerprint density at radius 3 is 2.75 bits per heavy atom. The lowest BCUT2D eigenvalue weighted by Crippen LogP contribution is -1.96. The van der Waals surface area contributed by atoms with Crippen LogP contribution in [0.2, 0.25) is 0 Å². The first kappa shape index (κ1) is 9.99. The van der Waals surface area contributed by atoms with E-state index in [1.165, 1.54) is 14.7 Å². The molecular weight excluding hydrogens is 263 g/mol. The zero-order valence-electron chi connectivity index (χ0n) is 7.43. The quantitative estimate of drug-likeness (QED) is 0.771. The molecule has 0 fully saturated rings. The van der Waals surface area contributed by atoms with Gasteiger partial charge in [-0.1, -0.05) is 17.7 Å². The summed E-state index contributed by atoms with van der Waals surface area (Å²) in [5.41, 5.74) is 2.70. The number of hydrogen-bond acceptors (Lipinski definition) is 1. The Morgan fingerprint density at radius 2 is 2.17 bits per heavy atom. The minimum Gasteiger partial charge on any atom is -0.384 e. The molecule has 0 aliphatic carbocycles. The van der Waals surface area contributed by atoms with Crippen LogP contribution in [0.15, 0.2) is 18.2 Å². The molecule has 0 unspecified atom stereocenters. The van der Waals surface area contributed by atoms with Crippen molar-refractivity contribution in [2.45, 2.75) is 13.3 Å². The van der Waals surface area contributed by atoms with E-state index in [9.17, 15) is 0 Å². The zero-order valence-corrected chi connectivity index (χ0v) is 9.59. The van der Waals surface area contributed by atoms with E-state index in [1.54, 1.807) is 7.11 Å². The molecule has 0 heterocycles. The molecule has 0 saturated heterocycles. The summed E-state index contributed by atoms with van der Waals surface area (Å²) in [6.45, 7) is 2.92. The molecule has 0 aliphatic heterocycles. The Hall–Kier alpha value is -0.0900. The van der Waals surface area contributed by atoms with Gasteiger partial charge in [-0.05, 0) is 47.6 Å². The Balaban J connectivity index is 2.72. The summed E-state index contributed by atoms with van der Waals surface area (Å²) in [5.74, 6) is 0. The molecule has 12 heavy (non-hydrogen) atoms. The van der Waals surface area contributed by atoms with Crippen molar-refractivity contribution in [3.8, 4) is 0 Å². The molecule has 1 rings (SSSR count). The Bertz CT molecular complexity index is 258. The lowest BCUT2D eigenvalue weighted by atomic mass is 10.1. The van der Waals surface area contributed by atoms with Crippen molar-refractivity contribution < 1.29 is 4.74 Å². The molecular formula is C10H13IO. The monoisotopic (exact) mass is 276 g/mol. The number of methoxy groups -OCH3 is 1. The van der Waals surface area contributed by atoms with Crippen molar-refractivity contribution >= 4 is 22.6 Å². The summed E-state index contributed by atoms with van der Waals surface area (Å²) in [4.78, 5) is 0. The second-order valence-corrected chi connectivity index (χ2v) is 4.00. The summed E-state index contributed by atoms with van der Waals surface area (Å²) in [7, 11) is 1.74. The molecule has 0 aliphatic rings. The normalized spacial score (nSPS) is 10.2. The number of benzene rings is 1. The number of rotatable bonds is 3. The van der Waals surface area contributed by atoms with Crippen LogP contribution in [0.3, 0.4) is 0 Å². The average molecular weight is 276 g/mol. The highest BCUT2D eigenvalue weighted by molar-refractivity contribution is 14.1. The first-order valence-corrected chi connectivity index (χ1v) is 5.06. The van der Waals surface area contributed by atoms with Crippen molar-refractivity contribution in [1.82, 2.24) is 0 Å². The fourth-order valence-corrected chi connectivity index (χ4v) is 2.01. The lowest BCUT2D eigenvalue weighted by molar-refractivity contribution is 0.202. The molecule has 1 aromatic rings. The van der Waals surface area contributed by atoms with Crippen LogP contribution in [0.25, 0.3) is 0 Å². The molecule has 0 atom stereocenters. The summed E-state index contributed by atoms with van der Waals surface area (Å²) in [6.07, 6.45) is 1.01. The van der Waals surface area contributed by atoms with Gasteiger partial charge in [0, 0.05) is 10.7 Å². The van der Waals surface area contributed by atoms with Gasteiger partial charge in [-0.15, -0.1) is 0 Å². The van der Waals surface area contributed by atoms with E-state index in [0.29, 0.717) is 0 Å². The fraction of sp³-hybridized carbons (Fsp3) is 0.400. The van der Waals surface area contributed by atoms with Crippen molar-refractivity contribution in [1.29, 1.82) is 0 Å². The van der Waals surface area contributed by atoms with E-state index in [-0.39, 0.29) is 0 Å². The highest BCUT2D eigenvalue weighted by atomic mass is 127. The van der Waals surface area contributed by atoms with E-state index in [0.717, 1.165) is 13.0 Å². The fourth-order valence-electron chi connectivity index (χ4n) is 1.07. The van der Waals surface area contributed by atoms with Crippen LogP contribution in [0.1, 0.15) is 11.1 Å². The molecule has 66 valence electrons. The van der Waals surface area contributed by atoms with Crippen LogP contribution in [0.4, 0.5) is 0 Å². The Morgan fingerprint density at radius 1 is 1.42 bits per heavy atom. The van der Waals surface area contributed by atoms with Gasteiger partial charge in [0.1, 0.15) is 0 Å². The predicted octanol–water partition coefficient (Wildman–Crippen LogP) is 2.79. The van der Waals surface area contributed by atoms with Crippen LogP contribution in [-0.2, 0) is 11.2 Å². The van der Waals surface area contributed by atoms with Gasteiger partial charge in [0.25, 0.3) is 0 Å². The van der Waals surface area contributed by atoms with E-state index < -0.39 is 0 Å². The van der Waals surface area contributed by atoms with Crippen LogP contribution in [0.5, 0.6) is 0 Å². The average Bonchev–Trinajstić information content (AvgIpc) is 2.03. The van der Waals surface area contributed by atoms with Crippen LogP contribution in [0, 0.1) is 10.5 Å². The van der Waals surface area contributed by atoms with E-state index in [4.69, 9.17) is 4.74 Å². The van der Waals surface area contributed by atoms with Gasteiger partial charge >= 0.3 is 0 Å². The molecule has 0 radical (unpaired) electrons. The van der Waals surface area contributed by atoms with Gasteiger partial charge in [0.2, 0.25) is 0 Å². The van der Waals surface area contributed by atoms with Crippen LogP contribution < -0.4 is 0 Å². The summed E-state index contributed by atoms with van der Waals surface area (Å²) in [6, 6.07) is 6.52. The van der Waals surface area contributed by atoms with Gasteiger partial charge in [-0.2, -0.15) is 0 Å². The predicted molar refractivity (Wildman–Crippen MR) is 59.5 cm³/mol. The molecule has 0 saturated carbocycles. The zero-order chi connectivity index (χ0) is 8.97. The molecule has 2 heteroatoms.